The topological polar surface area (TPSA) is 0 Å². The van der Waals surface area contributed by atoms with Gasteiger partial charge in [-0.05, 0) is 56.1 Å². The van der Waals surface area contributed by atoms with Crippen molar-refractivity contribution in [1.82, 2.24) is 0 Å². The highest BCUT2D eigenvalue weighted by molar-refractivity contribution is 9.10. The zero-order valence-corrected chi connectivity index (χ0v) is 12.8. The van der Waals surface area contributed by atoms with E-state index in [0.717, 1.165) is 0 Å². The Bertz CT molecular complexity index is 515. The molecule has 0 saturated carbocycles. The molecule has 4 heteroatoms. The van der Waals surface area contributed by atoms with Gasteiger partial charge < -0.3 is 0 Å². The quantitative estimate of drug-likeness (QED) is 0.486. The first-order valence-corrected chi connectivity index (χ1v) is 7.90. The first-order valence-electron chi connectivity index (χ1n) is 4.68. The van der Waals surface area contributed by atoms with E-state index in [1.54, 1.807) is 0 Å². The molecule has 0 aliphatic carbocycles. The van der Waals surface area contributed by atoms with Gasteiger partial charge in [-0.15, -0.1) is 0 Å². The molecule has 0 bridgehead atoms. The van der Waals surface area contributed by atoms with Gasteiger partial charge in [0, 0.05) is 28.5 Å². The zero-order chi connectivity index (χ0) is 11.1. The summed E-state index contributed by atoms with van der Waals surface area (Å²) < 4.78 is 2.35. The van der Waals surface area contributed by atoms with Crippen LogP contribution in [-0.2, 0) is 0 Å². The molecule has 0 nitrogen and oxygen atoms in total. The summed E-state index contributed by atoms with van der Waals surface area (Å²) in [5, 5.41) is 0. The third-order valence-corrected chi connectivity index (χ3v) is 6.80. The van der Waals surface area contributed by atoms with Gasteiger partial charge in [-0.2, -0.15) is 0 Å². The Labute approximate surface area is 119 Å². The first kappa shape index (κ1) is 11.2. The Morgan fingerprint density at radius 2 is 1.12 bits per heavy atom. The number of hydrogen-bond donors (Lipinski definition) is 0. The largest absolute Gasteiger partial charge is 0.0865 e. The van der Waals surface area contributed by atoms with Crippen molar-refractivity contribution in [3.8, 4) is 0 Å². The van der Waals surface area contributed by atoms with E-state index >= 15 is 0 Å². The lowest BCUT2D eigenvalue weighted by atomic mass is 10.3. The van der Waals surface area contributed by atoms with Gasteiger partial charge in [-0.3, -0.25) is 0 Å². The number of hydrogen-bond acceptors (Lipinski definition) is 2. The molecule has 2 aromatic rings. The van der Waals surface area contributed by atoms with Crippen molar-refractivity contribution in [2.75, 3.05) is 0 Å². The highest BCUT2D eigenvalue weighted by Crippen LogP contribution is 2.52. The van der Waals surface area contributed by atoms with E-state index in [-0.39, 0.29) is 0 Å². The van der Waals surface area contributed by atoms with Crippen LogP contribution in [0.4, 0.5) is 0 Å². The van der Waals surface area contributed by atoms with Crippen LogP contribution in [0.25, 0.3) is 0 Å². The zero-order valence-electron chi connectivity index (χ0n) is 8.04. The second kappa shape index (κ2) is 4.41. The molecule has 0 atom stereocenters. The van der Waals surface area contributed by atoms with Gasteiger partial charge in [0.25, 0.3) is 0 Å². The van der Waals surface area contributed by atoms with Gasteiger partial charge in [0.1, 0.15) is 0 Å². The Hall–Kier alpha value is 0.1000. The Morgan fingerprint density at radius 3 is 1.56 bits per heavy atom. The van der Waals surface area contributed by atoms with Gasteiger partial charge in [-0.1, -0.05) is 35.7 Å². The molecule has 0 amide bonds. The van der Waals surface area contributed by atoms with Crippen LogP contribution in [-0.4, -0.2) is 0 Å². The van der Waals surface area contributed by atoms with Crippen LogP contribution in [0.5, 0.6) is 0 Å². The standard InChI is InChI=1S/C12H6Br2S2/c13-7-3-1-5-9-11(7)16-10-6-2-4-8(14)12(10)15-9/h1-6H. The molecule has 0 aromatic heterocycles. The maximum Gasteiger partial charge on any atom is 0.0404 e. The maximum absolute atomic E-state index is 3.61. The molecule has 0 saturated heterocycles. The minimum Gasteiger partial charge on any atom is -0.0865 e. The van der Waals surface area contributed by atoms with Crippen LogP contribution in [0.15, 0.2) is 64.9 Å². The summed E-state index contributed by atoms with van der Waals surface area (Å²) in [7, 11) is 0. The van der Waals surface area contributed by atoms with Crippen LogP contribution in [0, 0.1) is 0 Å². The van der Waals surface area contributed by atoms with E-state index < -0.39 is 0 Å². The number of halogens is 2. The van der Waals surface area contributed by atoms with Crippen molar-refractivity contribution >= 4 is 55.4 Å². The van der Waals surface area contributed by atoms with E-state index in [4.69, 9.17) is 0 Å². The lowest BCUT2D eigenvalue weighted by Gasteiger charge is -2.20. The molecule has 3 rings (SSSR count). The molecule has 0 unspecified atom stereocenters. The SMILES string of the molecule is Brc1cccc2c1Sc1cccc(Br)c1S2. The molecule has 0 N–H and O–H groups in total. The molecular weight excluding hydrogens is 368 g/mol. The third kappa shape index (κ3) is 1.86. The summed E-state index contributed by atoms with van der Waals surface area (Å²) >= 11 is 10.9. The lowest BCUT2D eigenvalue weighted by Crippen LogP contribution is -1.90. The van der Waals surface area contributed by atoms with Crippen LogP contribution in [0.1, 0.15) is 0 Å². The van der Waals surface area contributed by atoms with E-state index in [1.807, 2.05) is 23.5 Å². The molecule has 1 heterocycles. The second-order valence-corrected chi connectivity index (χ2v) is 7.15. The summed E-state index contributed by atoms with van der Waals surface area (Å²) in [5.41, 5.74) is 0. The monoisotopic (exact) mass is 372 g/mol. The highest BCUT2D eigenvalue weighted by atomic mass is 79.9. The average molecular weight is 374 g/mol. The van der Waals surface area contributed by atoms with Crippen molar-refractivity contribution in [3.63, 3.8) is 0 Å². The summed E-state index contributed by atoms with van der Waals surface area (Å²) in [5.74, 6) is 0. The predicted octanol–water partition coefficient (Wildman–Crippen LogP) is 5.83. The molecule has 1 aliphatic heterocycles. The lowest BCUT2D eigenvalue weighted by molar-refractivity contribution is 1.13. The van der Waals surface area contributed by atoms with Crippen molar-refractivity contribution in [3.05, 3.63) is 45.3 Å². The summed E-state index contributed by atoms with van der Waals surface area (Å²) in [6.07, 6.45) is 0. The molecule has 0 fully saturated rings. The van der Waals surface area contributed by atoms with Crippen molar-refractivity contribution in [2.24, 2.45) is 0 Å². The second-order valence-electron chi connectivity index (χ2n) is 3.34. The Kier molecular flexibility index (Phi) is 3.09. The summed E-state index contributed by atoms with van der Waals surface area (Å²) in [6.45, 7) is 0. The highest BCUT2D eigenvalue weighted by Gasteiger charge is 2.20. The fraction of sp³-hybridized carbons (Fsp3) is 0. The van der Waals surface area contributed by atoms with Crippen LogP contribution in [0.2, 0.25) is 0 Å². The van der Waals surface area contributed by atoms with E-state index in [2.05, 4.69) is 68.3 Å². The van der Waals surface area contributed by atoms with Gasteiger partial charge >= 0.3 is 0 Å². The predicted molar refractivity (Wildman–Crippen MR) is 76.5 cm³/mol. The van der Waals surface area contributed by atoms with Crippen LogP contribution in [0.3, 0.4) is 0 Å². The smallest absolute Gasteiger partial charge is 0.0404 e. The number of fused-ring (bicyclic) bond motifs is 2. The number of benzene rings is 2. The Morgan fingerprint density at radius 1 is 0.688 bits per heavy atom. The molecule has 0 radical (unpaired) electrons. The fourth-order valence-corrected chi connectivity index (χ4v) is 5.34. The van der Waals surface area contributed by atoms with Crippen LogP contribution < -0.4 is 0 Å². The molecule has 80 valence electrons. The number of rotatable bonds is 0. The molecule has 0 spiro atoms. The fourth-order valence-electron chi connectivity index (χ4n) is 1.56. The summed E-state index contributed by atoms with van der Waals surface area (Å²) in [4.78, 5) is 5.27. The Balaban J connectivity index is 2.17. The van der Waals surface area contributed by atoms with Gasteiger partial charge in [0.05, 0.1) is 0 Å². The van der Waals surface area contributed by atoms with Crippen molar-refractivity contribution < 1.29 is 0 Å². The normalized spacial score (nSPS) is 13.1. The maximum atomic E-state index is 3.61. The van der Waals surface area contributed by atoms with Crippen molar-refractivity contribution in [1.29, 1.82) is 0 Å². The first-order chi connectivity index (χ1) is 7.75. The van der Waals surface area contributed by atoms with Gasteiger partial charge in [0.2, 0.25) is 0 Å². The third-order valence-electron chi connectivity index (χ3n) is 2.29. The summed E-state index contributed by atoms with van der Waals surface area (Å²) in [6, 6.07) is 12.7. The van der Waals surface area contributed by atoms with Crippen molar-refractivity contribution in [2.45, 2.75) is 19.6 Å². The minimum absolute atomic E-state index is 1.17. The molecule has 2 aromatic carbocycles. The molecular formula is C12H6Br2S2. The average Bonchev–Trinajstić information content (AvgIpc) is 2.29. The minimum atomic E-state index is 1.17. The van der Waals surface area contributed by atoms with Gasteiger partial charge in [-0.25, -0.2) is 0 Å². The van der Waals surface area contributed by atoms with E-state index in [1.165, 1.54) is 28.5 Å². The van der Waals surface area contributed by atoms with Gasteiger partial charge in [0.15, 0.2) is 0 Å². The molecule has 1 aliphatic rings. The molecule has 16 heavy (non-hydrogen) atoms. The van der Waals surface area contributed by atoms with E-state index in [9.17, 15) is 0 Å². The van der Waals surface area contributed by atoms with Crippen LogP contribution >= 0.6 is 55.4 Å². The van der Waals surface area contributed by atoms with E-state index in [0.29, 0.717) is 0 Å².